The molecule has 0 radical (unpaired) electrons. The fourth-order valence-electron chi connectivity index (χ4n) is 2.90. The first-order chi connectivity index (χ1) is 12.7. The lowest BCUT2D eigenvalue weighted by Gasteiger charge is -2.19. The van der Waals surface area contributed by atoms with E-state index in [1.807, 2.05) is 48.5 Å². The molecule has 26 heavy (non-hydrogen) atoms. The van der Waals surface area contributed by atoms with Gasteiger partial charge in [-0.3, -0.25) is 9.78 Å². The summed E-state index contributed by atoms with van der Waals surface area (Å²) in [6.45, 7) is 0. The van der Waals surface area contributed by atoms with Crippen LogP contribution in [0, 0.1) is 5.82 Å². The molecular formula is C21H15FN2OS. The van der Waals surface area contributed by atoms with E-state index in [1.54, 1.807) is 24.5 Å². The van der Waals surface area contributed by atoms with E-state index in [1.165, 1.54) is 17.4 Å². The summed E-state index contributed by atoms with van der Waals surface area (Å²) in [5, 5.41) is 3.54. The number of rotatable bonds is 4. The standard InChI is InChI=1S/C21H15FN2OS/c22-17-7-4-8-18-16(17)13-19(26-18)21(25)24-20(14-5-2-1-3-6-14)15-9-11-23-12-10-15/h1-13,20H,(H,24,25). The number of halogens is 1. The van der Waals surface area contributed by atoms with E-state index in [0.29, 0.717) is 10.3 Å². The first kappa shape index (κ1) is 16.4. The Bertz CT molecular complexity index is 1010. The Morgan fingerprint density at radius 2 is 1.69 bits per heavy atom. The highest BCUT2D eigenvalue weighted by Gasteiger charge is 2.19. The number of nitrogens with one attached hydrogen (secondary N) is 1. The highest BCUT2D eigenvalue weighted by molar-refractivity contribution is 7.20. The molecule has 0 saturated carbocycles. The fraction of sp³-hybridized carbons (Fsp3) is 0.0476. The molecule has 0 bridgehead atoms. The minimum atomic E-state index is -0.313. The number of nitrogens with zero attached hydrogens (tertiary/aromatic N) is 1. The molecule has 0 aliphatic carbocycles. The summed E-state index contributed by atoms with van der Waals surface area (Å²) in [5.74, 6) is -0.539. The molecule has 1 amide bonds. The molecule has 128 valence electrons. The van der Waals surface area contributed by atoms with Crippen molar-refractivity contribution >= 4 is 27.3 Å². The SMILES string of the molecule is O=C(NC(c1ccccc1)c1ccncc1)c1cc2c(F)cccc2s1. The Morgan fingerprint density at radius 1 is 0.962 bits per heavy atom. The van der Waals surface area contributed by atoms with Gasteiger partial charge in [0.05, 0.1) is 10.9 Å². The molecule has 3 nitrogen and oxygen atoms in total. The van der Waals surface area contributed by atoms with Crippen LogP contribution in [0.15, 0.2) is 79.1 Å². The first-order valence-corrected chi connectivity index (χ1v) is 8.98. The highest BCUT2D eigenvalue weighted by Crippen LogP contribution is 2.29. The van der Waals surface area contributed by atoms with Gasteiger partial charge in [0, 0.05) is 22.5 Å². The molecule has 2 aromatic heterocycles. The van der Waals surface area contributed by atoms with Crippen LogP contribution in [0.2, 0.25) is 0 Å². The van der Waals surface area contributed by atoms with Crippen LogP contribution in [0.4, 0.5) is 4.39 Å². The summed E-state index contributed by atoms with van der Waals surface area (Å²) in [7, 11) is 0. The molecule has 1 unspecified atom stereocenters. The van der Waals surface area contributed by atoms with Gasteiger partial charge in [0.25, 0.3) is 5.91 Å². The van der Waals surface area contributed by atoms with Gasteiger partial charge >= 0.3 is 0 Å². The minimum absolute atomic E-state index is 0.226. The number of hydrogen-bond acceptors (Lipinski definition) is 3. The molecule has 2 aromatic carbocycles. The normalized spacial score (nSPS) is 12.0. The van der Waals surface area contributed by atoms with Crippen molar-refractivity contribution in [1.29, 1.82) is 0 Å². The number of carbonyl (C=O) groups is 1. The molecule has 1 atom stereocenters. The minimum Gasteiger partial charge on any atom is -0.340 e. The van der Waals surface area contributed by atoms with Crippen LogP contribution in [0.3, 0.4) is 0 Å². The third-order valence-corrected chi connectivity index (χ3v) is 5.28. The van der Waals surface area contributed by atoms with Crippen LogP contribution in [-0.2, 0) is 0 Å². The van der Waals surface area contributed by atoms with Crippen molar-refractivity contribution in [2.75, 3.05) is 0 Å². The Balaban J connectivity index is 1.68. The van der Waals surface area contributed by atoms with Crippen LogP contribution in [0.25, 0.3) is 10.1 Å². The van der Waals surface area contributed by atoms with Gasteiger partial charge in [-0.05, 0) is 41.5 Å². The van der Waals surface area contributed by atoms with Crippen molar-refractivity contribution in [1.82, 2.24) is 10.3 Å². The largest absolute Gasteiger partial charge is 0.340 e. The van der Waals surface area contributed by atoms with Gasteiger partial charge in [0.15, 0.2) is 0 Å². The van der Waals surface area contributed by atoms with Gasteiger partial charge in [-0.15, -0.1) is 11.3 Å². The van der Waals surface area contributed by atoms with Crippen LogP contribution >= 0.6 is 11.3 Å². The summed E-state index contributed by atoms with van der Waals surface area (Å²) in [4.78, 5) is 17.4. The lowest BCUT2D eigenvalue weighted by atomic mass is 9.99. The first-order valence-electron chi connectivity index (χ1n) is 8.16. The zero-order valence-electron chi connectivity index (χ0n) is 13.7. The van der Waals surface area contributed by atoms with Crippen LogP contribution in [-0.4, -0.2) is 10.9 Å². The Morgan fingerprint density at radius 3 is 2.42 bits per heavy atom. The van der Waals surface area contributed by atoms with E-state index in [4.69, 9.17) is 0 Å². The van der Waals surface area contributed by atoms with Crippen molar-refractivity contribution in [3.05, 3.63) is 101 Å². The number of fused-ring (bicyclic) bond motifs is 1. The zero-order valence-corrected chi connectivity index (χ0v) is 14.5. The lowest BCUT2D eigenvalue weighted by Crippen LogP contribution is -2.28. The molecule has 0 aliphatic rings. The smallest absolute Gasteiger partial charge is 0.262 e. The average molecular weight is 362 g/mol. The van der Waals surface area contributed by atoms with Gasteiger partial charge in [0.2, 0.25) is 0 Å². The second kappa shape index (κ2) is 7.06. The van der Waals surface area contributed by atoms with Gasteiger partial charge < -0.3 is 5.32 Å². The van der Waals surface area contributed by atoms with Crippen molar-refractivity contribution < 1.29 is 9.18 Å². The molecular weight excluding hydrogens is 347 g/mol. The second-order valence-electron chi connectivity index (χ2n) is 5.86. The predicted octanol–water partition coefficient (Wildman–Crippen LogP) is 4.95. The summed E-state index contributed by atoms with van der Waals surface area (Å²) in [5.41, 5.74) is 1.91. The molecule has 0 spiro atoms. The Kier molecular flexibility index (Phi) is 4.46. The summed E-state index contributed by atoms with van der Waals surface area (Å²) >= 11 is 1.29. The Hall–Kier alpha value is -3.05. The van der Waals surface area contributed by atoms with Gasteiger partial charge in [-0.2, -0.15) is 0 Å². The van der Waals surface area contributed by atoms with Gasteiger partial charge in [-0.1, -0.05) is 36.4 Å². The average Bonchev–Trinajstić information content (AvgIpc) is 3.13. The number of carbonyl (C=O) groups excluding carboxylic acids is 1. The monoisotopic (exact) mass is 362 g/mol. The predicted molar refractivity (Wildman–Crippen MR) is 102 cm³/mol. The summed E-state index contributed by atoms with van der Waals surface area (Å²) in [6, 6.07) is 19.7. The number of aromatic nitrogens is 1. The fourth-order valence-corrected chi connectivity index (χ4v) is 3.88. The van der Waals surface area contributed by atoms with E-state index in [2.05, 4.69) is 10.3 Å². The molecule has 4 aromatic rings. The van der Waals surface area contributed by atoms with E-state index in [9.17, 15) is 9.18 Å². The van der Waals surface area contributed by atoms with E-state index in [0.717, 1.165) is 15.8 Å². The molecule has 0 fully saturated rings. The highest BCUT2D eigenvalue weighted by atomic mass is 32.1. The van der Waals surface area contributed by atoms with E-state index >= 15 is 0 Å². The quantitative estimate of drug-likeness (QED) is 0.558. The molecule has 2 heterocycles. The van der Waals surface area contributed by atoms with E-state index < -0.39 is 0 Å². The number of pyridine rings is 1. The number of hydrogen-bond donors (Lipinski definition) is 1. The zero-order chi connectivity index (χ0) is 17.9. The van der Waals surface area contributed by atoms with Crippen molar-refractivity contribution in [3.63, 3.8) is 0 Å². The van der Waals surface area contributed by atoms with Gasteiger partial charge in [0.1, 0.15) is 5.82 Å². The van der Waals surface area contributed by atoms with Crippen molar-refractivity contribution in [3.8, 4) is 0 Å². The number of benzene rings is 2. The molecule has 0 saturated heterocycles. The third kappa shape index (κ3) is 3.21. The summed E-state index contributed by atoms with van der Waals surface area (Å²) in [6.07, 6.45) is 3.40. The van der Waals surface area contributed by atoms with Crippen LogP contribution in [0.5, 0.6) is 0 Å². The van der Waals surface area contributed by atoms with Crippen LogP contribution < -0.4 is 5.32 Å². The number of thiophene rings is 1. The van der Waals surface area contributed by atoms with Crippen LogP contribution in [0.1, 0.15) is 26.8 Å². The van der Waals surface area contributed by atoms with Crippen molar-refractivity contribution in [2.24, 2.45) is 0 Å². The third-order valence-electron chi connectivity index (χ3n) is 4.18. The lowest BCUT2D eigenvalue weighted by molar-refractivity contribution is 0.0947. The maximum Gasteiger partial charge on any atom is 0.262 e. The maximum atomic E-state index is 13.9. The Labute approximate surface area is 154 Å². The molecule has 0 aliphatic heterocycles. The molecule has 5 heteroatoms. The van der Waals surface area contributed by atoms with E-state index in [-0.39, 0.29) is 17.8 Å². The molecule has 1 N–H and O–H groups in total. The summed E-state index contributed by atoms with van der Waals surface area (Å²) < 4.78 is 14.7. The topological polar surface area (TPSA) is 42.0 Å². The van der Waals surface area contributed by atoms with Crippen molar-refractivity contribution in [2.45, 2.75) is 6.04 Å². The maximum absolute atomic E-state index is 13.9. The number of amides is 1. The van der Waals surface area contributed by atoms with Gasteiger partial charge in [-0.25, -0.2) is 4.39 Å². The second-order valence-corrected chi connectivity index (χ2v) is 6.94. The molecule has 4 rings (SSSR count).